The van der Waals surface area contributed by atoms with Crippen molar-refractivity contribution in [3.8, 4) is 0 Å². The van der Waals surface area contributed by atoms with E-state index in [4.69, 9.17) is 4.52 Å². The number of amides is 1. The summed E-state index contributed by atoms with van der Waals surface area (Å²) in [5, 5.41) is 10.2. The first-order valence-corrected chi connectivity index (χ1v) is 7.28. The quantitative estimate of drug-likeness (QED) is 0.862. The highest BCUT2D eigenvalue weighted by Gasteiger charge is 2.21. The third kappa shape index (κ3) is 5.63. The standard InChI is InChI=1S/C14H24N4O2.ClH/c1-14(2,3)13-17-12(20-18-13)6-4-5-11(19)16-10-7-8-15-9-10;/h10,15H,4-9H2,1-3H3,(H,16,19);1H. The van der Waals surface area contributed by atoms with E-state index >= 15 is 0 Å². The molecule has 0 aliphatic carbocycles. The van der Waals surface area contributed by atoms with E-state index in [0.717, 1.165) is 25.9 Å². The van der Waals surface area contributed by atoms with Crippen molar-refractivity contribution in [3.63, 3.8) is 0 Å². The van der Waals surface area contributed by atoms with Gasteiger partial charge in [0, 0.05) is 30.8 Å². The lowest BCUT2D eigenvalue weighted by molar-refractivity contribution is -0.121. The van der Waals surface area contributed by atoms with Gasteiger partial charge in [-0.05, 0) is 19.4 Å². The van der Waals surface area contributed by atoms with Crippen LogP contribution in [0.2, 0.25) is 0 Å². The maximum Gasteiger partial charge on any atom is 0.226 e. The van der Waals surface area contributed by atoms with E-state index in [2.05, 4.69) is 20.8 Å². The Kier molecular flexibility index (Phi) is 6.61. The number of hydrogen-bond acceptors (Lipinski definition) is 5. The van der Waals surface area contributed by atoms with Crippen molar-refractivity contribution in [2.24, 2.45) is 0 Å². The Morgan fingerprint density at radius 2 is 2.24 bits per heavy atom. The second kappa shape index (κ2) is 7.75. The van der Waals surface area contributed by atoms with Gasteiger partial charge in [-0.3, -0.25) is 4.79 Å². The van der Waals surface area contributed by atoms with Crippen molar-refractivity contribution in [3.05, 3.63) is 11.7 Å². The van der Waals surface area contributed by atoms with E-state index in [0.29, 0.717) is 30.6 Å². The van der Waals surface area contributed by atoms with Gasteiger partial charge >= 0.3 is 0 Å². The van der Waals surface area contributed by atoms with Crippen molar-refractivity contribution in [1.29, 1.82) is 0 Å². The van der Waals surface area contributed by atoms with Crippen molar-refractivity contribution in [2.45, 2.75) is 57.9 Å². The maximum atomic E-state index is 11.7. The number of aromatic nitrogens is 2. The topological polar surface area (TPSA) is 80.0 Å². The fourth-order valence-electron chi connectivity index (χ4n) is 2.14. The maximum absolute atomic E-state index is 11.7. The summed E-state index contributed by atoms with van der Waals surface area (Å²) in [5.74, 6) is 1.44. The molecule has 0 radical (unpaired) electrons. The lowest BCUT2D eigenvalue weighted by Gasteiger charge is -2.11. The number of carbonyl (C=O) groups is 1. The van der Waals surface area contributed by atoms with Gasteiger partial charge in [0.2, 0.25) is 11.8 Å². The first-order chi connectivity index (χ1) is 9.45. The summed E-state index contributed by atoms with van der Waals surface area (Å²) in [7, 11) is 0. The first kappa shape index (κ1) is 17.9. The van der Waals surface area contributed by atoms with Crippen LogP contribution in [0.4, 0.5) is 0 Å². The van der Waals surface area contributed by atoms with Crippen molar-refractivity contribution in [2.75, 3.05) is 13.1 Å². The van der Waals surface area contributed by atoms with Gasteiger partial charge in [0.05, 0.1) is 0 Å². The number of hydrogen-bond donors (Lipinski definition) is 2. The van der Waals surface area contributed by atoms with Gasteiger partial charge in [-0.25, -0.2) is 0 Å². The molecule has 0 saturated carbocycles. The van der Waals surface area contributed by atoms with Gasteiger partial charge in [0.15, 0.2) is 5.82 Å². The van der Waals surface area contributed by atoms with E-state index in [1.54, 1.807) is 0 Å². The summed E-state index contributed by atoms with van der Waals surface area (Å²) in [6.07, 6.45) is 2.91. The van der Waals surface area contributed by atoms with E-state index in [9.17, 15) is 4.79 Å². The molecule has 1 fully saturated rings. The predicted octanol–water partition coefficient (Wildman–Crippen LogP) is 1.59. The average Bonchev–Trinajstić information content (AvgIpc) is 2.98. The normalized spacial score (nSPS) is 18.3. The molecule has 1 amide bonds. The molecule has 1 atom stereocenters. The zero-order valence-electron chi connectivity index (χ0n) is 12.9. The number of rotatable bonds is 5. The van der Waals surface area contributed by atoms with Crippen LogP contribution in [-0.2, 0) is 16.6 Å². The molecule has 0 bridgehead atoms. The highest BCUT2D eigenvalue weighted by Crippen LogP contribution is 2.18. The van der Waals surface area contributed by atoms with Crippen LogP contribution in [0.25, 0.3) is 0 Å². The number of aryl methyl sites for hydroxylation is 1. The summed E-state index contributed by atoms with van der Waals surface area (Å²) in [5.41, 5.74) is -0.103. The lowest BCUT2D eigenvalue weighted by Crippen LogP contribution is -2.36. The molecule has 1 unspecified atom stereocenters. The van der Waals surface area contributed by atoms with Crippen LogP contribution in [-0.4, -0.2) is 35.2 Å². The van der Waals surface area contributed by atoms with Gasteiger partial charge in [-0.1, -0.05) is 25.9 Å². The Labute approximate surface area is 131 Å². The zero-order chi connectivity index (χ0) is 14.6. The Bertz CT molecular complexity index is 450. The van der Waals surface area contributed by atoms with Crippen LogP contribution < -0.4 is 10.6 Å². The van der Waals surface area contributed by atoms with Gasteiger partial charge in [0.25, 0.3) is 0 Å². The molecular formula is C14H25ClN4O2. The molecule has 2 heterocycles. The lowest BCUT2D eigenvalue weighted by atomic mass is 9.96. The summed E-state index contributed by atoms with van der Waals surface area (Å²) in [4.78, 5) is 16.1. The Hall–Kier alpha value is -1.14. The first-order valence-electron chi connectivity index (χ1n) is 7.28. The molecule has 0 spiro atoms. The zero-order valence-corrected chi connectivity index (χ0v) is 13.8. The van der Waals surface area contributed by atoms with Gasteiger partial charge in [-0.15, -0.1) is 12.4 Å². The molecule has 1 aromatic heterocycles. The third-order valence-electron chi connectivity index (χ3n) is 3.36. The van der Waals surface area contributed by atoms with Crippen LogP contribution in [0.3, 0.4) is 0 Å². The van der Waals surface area contributed by atoms with E-state index in [1.807, 2.05) is 20.8 Å². The Morgan fingerprint density at radius 3 is 2.81 bits per heavy atom. The van der Waals surface area contributed by atoms with Crippen molar-refractivity contribution >= 4 is 18.3 Å². The molecule has 6 nitrogen and oxygen atoms in total. The number of nitrogens with zero attached hydrogens (tertiary/aromatic N) is 2. The molecule has 1 saturated heterocycles. The number of nitrogens with one attached hydrogen (secondary N) is 2. The summed E-state index contributed by atoms with van der Waals surface area (Å²) >= 11 is 0. The SMILES string of the molecule is CC(C)(C)c1noc(CCCC(=O)NC2CCNC2)n1.Cl. The Morgan fingerprint density at radius 1 is 1.48 bits per heavy atom. The minimum atomic E-state index is -0.103. The smallest absolute Gasteiger partial charge is 0.226 e. The van der Waals surface area contributed by atoms with Crippen LogP contribution in [0.1, 0.15) is 51.7 Å². The van der Waals surface area contributed by atoms with E-state index < -0.39 is 0 Å². The van der Waals surface area contributed by atoms with Crippen molar-refractivity contribution < 1.29 is 9.32 Å². The molecule has 1 aromatic rings. The van der Waals surface area contributed by atoms with Crippen LogP contribution in [0, 0.1) is 0 Å². The summed E-state index contributed by atoms with van der Waals surface area (Å²) in [6.45, 7) is 8.01. The van der Waals surface area contributed by atoms with Gasteiger partial charge in [-0.2, -0.15) is 4.98 Å². The molecule has 120 valence electrons. The third-order valence-corrected chi connectivity index (χ3v) is 3.36. The van der Waals surface area contributed by atoms with Crippen LogP contribution >= 0.6 is 12.4 Å². The second-order valence-electron chi connectivity index (χ2n) is 6.37. The van der Waals surface area contributed by atoms with Crippen LogP contribution in [0.15, 0.2) is 4.52 Å². The van der Waals surface area contributed by atoms with Crippen molar-refractivity contribution in [1.82, 2.24) is 20.8 Å². The molecule has 21 heavy (non-hydrogen) atoms. The van der Waals surface area contributed by atoms with Gasteiger partial charge in [0.1, 0.15) is 0 Å². The Balaban J connectivity index is 0.00000220. The highest BCUT2D eigenvalue weighted by atomic mass is 35.5. The molecule has 1 aliphatic rings. The molecule has 2 rings (SSSR count). The number of halogens is 1. The fourth-order valence-corrected chi connectivity index (χ4v) is 2.14. The summed E-state index contributed by atoms with van der Waals surface area (Å²) < 4.78 is 5.20. The van der Waals surface area contributed by atoms with Gasteiger partial charge < -0.3 is 15.2 Å². The van der Waals surface area contributed by atoms with E-state index in [1.165, 1.54) is 0 Å². The minimum Gasteiger partial charge on any atom is -0.352 e. The summed E-state index contributed by atoms with van der Waals surface area (Å²) in [6, 6.07) is 0.290. The number of carbonyl (C=O) groups excluding carboxylic acids is 1. The van der Waals surface area contributed by atoms with E-state index in [-0.39, 0.29) is 23.7 Å². The molecule has 7 heteroatoms. The molecule has 0 aromatic carbocycles. The largest absolute Gasteiger partial charge is 0.352 e. The molecule has 2 N–H and O–H groups in total. The minimum absolute atomic E-state index is 0. The fraction of sp³-hybridized carbons (Fsp3) is 0.786. The highest BCUT2D eigenvalue weighted by molar-refractivity contribution is 5.85. The monoisotopic (exact) mass is 316 g/mol. The average molecular weight is 317 g/mol. The molecular weight excluding hydrogens is 292 g/mol. The molecule has 1 aliphatic heterocycles. The second-order valence-corrected chi connectivity index (χ2v) is 6.37. The van der Waals surface area contributed by atoms with Crippen LogP contribution in [0.5, 0.6) is 0 Å². The predicted molar refractivity (Wildman–Crippen MR) is 82.6 cm³/mol.